The van der Waals surface area contributed by atoms with Gasteiger partial charge in [0.15, 0.2) is 12.1 Å². The van der Waals surface area contributed by atoms with E-state index >= 15 is 0 Å². The van der Waals surface area contributed by atoms with Gasteiger partial charge in [-0.1, -0.05) is 176 Å². The smallest absolute Gasteiger partial charge is 0.362 e. The van der Waals surface area contributed by atoms with Crippen LogP contribution in [0.15, 0.2) is 85.1 Å². The van der Waals surface area contributed by atoms with Crippen LogP contribution >= 0.6 is 0 Å². The SMILES string of the molecule is CC/C=C/C/C=C/C/C=C/C/C=C/C/C=C/CCCCCC(=O)OC(COCCC(C(=O)O)[N+](C)(C)C)COC(=O)CCCCCCCCCCCC/C=C/C=C/CCCCCC. The van der Waals surface area contributed by atoms with Crippen LogP contribution in [-0.2, 0) is 28.6 Å². The zero-order valence-electron chi connectivity index (χ0n) is 41.0. The maximum absolute atomic E-state index is 12.8. The maximum Gasteiger partial charge on any atom is 0.362 e. The summed E-state index contributed by atoms with van der Waals surface area (Å²) in [5.74, 6) is -1.52. The molecular formula is C55H94NO7+. The van der Waals surface area contributed by atoms with Crippen molar-refractivity contribution in [3.05, 3.63) is 85.1 Å². The summed E-state index contributed by atoms with van der Waals surface area (Å²) >= 11 is 0. The van der Waals surface area contributed by atoms with E-state index < -0.39 is 18.1 Å². The van der Waals surface area contributed by atoms with Crippen molar-refractivity contribution in [2.45, 2.75) is 206 Å². The van der Waals surface area contributed by atoms with Crippen molar-refractivity contribution in [3.63, 3.8) is 0 Å². The van der Waals surface area contributed by atoms with Crippen LogP contribution in [0.2, 0.25) is 0 Å². The number of rotatable bonds is 44. The van der Waals surface area contributed by atoms with Crippen LogP contribution in [0.5, 0.6) is 0 Å². The van der Waals surface area contributed by atoms with Gasteiger partial charge < -0.3 is 23.8 Å². The topological polar surface area (TPSA) is 99.1 Å². The Morgan fingerprint density at radius 1 is 0.508 bits per heavy atom. The molecule has 0 rings (SSSR count). The molecule has 2 atom stereocenters. The number of quaternary nitrogens is 1. The first-order valence-corrected chi connectivity index (χ1v) is 25.1. The molecular weight excluding hydrogens is 787 g/mol. The summed E-state index contributed by atoms with van der Waals surface area (Å²) < 4.78 is 17.3. The van der Waals surface area contributed by atoms with E-state index in [1.807, 2.05) is 21.1 Å². The molecule has 8 heteroatoms. The molecule has 0 aromatic rings. The van der Waals surface area contributed by atoms with Gasteiger partial charge in [0.05, 0.1) is 34.4 Å². The Labute approximate surface area is 386 Å². The average molecular weight is 881 g/mol. The lowest BCUT2D eigenvalue weighted by atomic mass is 10.1. The number of hydrogen-bond donors (Lipinski definition) is 1. The zero-order chi connectivity index (χ0) is 46.3. The summed E-state index contributed by atoms with van der Waals surface area (Å²) in [5, 5.41) is 9.65. The minimum absolute atomic E-state index is 0.0422. The second kappa shape index (κ2) is 45.1. The molecule has 8 nitrogen and oxygen atoms in total. The third kappa shape index (κ3) is 43.5. The Morgan fingerprint density at radius 2 is 0.937 bits per heavy atom. The van der Waals surface area contributed by atoms with Crippen molar-refractivity contribution in [1.29, 1.82) is 0 Å². The van der Waals surface area contributed by atoms with Gasteiger partial charge in [0.2, 0.25) is 0 Å². The predicted octanol–water partition coefficient (Wildman–Crippen LogP) is 14.5. The van der Waals surface area contributed by atoms with E-state index in [1.54, 1.807) is 0 Å². The molecule has 63 heavy (non-hydrogen) atoms. The molecule has 0 aliphatic carbocycles. The molecule has 0 saturated carbocycles. The molecule has 0 aliphatic heterocycles. The molecule has 0 aliphatic rings. The molecule has 0 fully saturated rings. The van der Waals surface area contributed by atoms with Crippen LogP contribution in [0.25, 0.3) is 0 Å². The minimum Gasteiger partial charge on any atom is -0.477 e. The monoisotopic (exact) mass is 881 g/mol. The highest BCUT2D eigenvalue weighted by Crippen LogP contribution is 2.14. The second-order valence-corrected chi connectivity index (χ2v) is 17.7. The van der Waals surface area contributed by atoms with Crippen molar-refractivity contribution in [1.82, 2.24) is 0 Å². The maximum atomic E-state index is 12.8. The molecule has 0 aromatic heterocycles. The fourth-order valence-corrected chi connectivity index (χ4v) is 6.93. The lowest BCUT2D eigenvalue weighted by molar-refractivity contribution is -0.887. The first-order valence-electron chi connectivity index (χ1n) is 25.1. The first-order chi connectivity index (χ1) is 30.6. The van der Waals surface area contributed by atoms with Crippen LogP contribution in [0, 0.1) is 0 Å². The predicted molar refractivity (Wildman–Crippen MR) is 266 cm³/mol. The number of esters is 2. The summed E-state index contributed by atoms with van der Waals surface area (Å²) in [6.45, 7) is 4.56. The van der Waals surface area contributed by atoms with Crippen molar-refractivity contribution in [2.24, 2.45) is 0 Å². The molecule has 360 valence electrons. The lowest BCUT2D eigenvalue weighted by Crippen LogP contribution is -2.50. The average Bonchev–Trinajstić information content (AvgIpc) is 3.24. The van der Waals surface area contributed by atoms with Crippen molar-refractivity contribution >= 4 is 17.9 Å². The number of hydrogen-bond acceptors (Lipinski definition) is 6. The fourth-order valence-electron chi connectivity index (χ4n) is 6.93. The zero-order valence-corrected chi connectivity index (χ0v) is 41.0. The minimum atomic E-state index is -0.884. The van der Waals surface area contributed by atoms with Crippen LogP contribution in [0.4, 0.5) is 0 Å². The number of aliphatic carboxylic acids is 1. The fraction of sp³-hybridized carbons (Fsp3) is 0.691. The molecule has 0 heterocycles. The van der Waals surface area contributed by atoms with Crippen LogP contribution in [0.3, 0.4) is 0 Å². The van der Waals surface area contributed by atoms with Gasteiger partial charge >= 0.3 is 17.9 Å². The van der Waals surface area contributed by atoms with Gasteiger partial charge in [-0.2, -0.15) is 0 Å². The van der Waals surface area contributed by atoms with Gasteiger partial charge in [-0.25, -0.2) is 4.79 Å². The molecule has 0 amide bonds. The van der Waals surface area contributed by atoms with Gasteiger partial charge in [-0.05, 0) is 83.5 Å². The summed E-state index contributed by atoms with van der Waals surface area (Å²) in [6.07, 6.45) is 59.1. The van der Waals surface area contributed by atoms with Crippen molar-refractivity contribution in [2.75, 3.05) is 41.0 Å². The molecule has 0 bridgehead atoms. The molecule has 0 saturated heterocycles. The van der Waals surface area contributed by atoms with Crippen LogP contribution < -0.4 is 0 Å². The number of carboxylic acid groups (broad SMARTS) is 1. The van der Waals surface area contributed by atoms with Gasteiger partial charge in [0.1, 0.15) is 6.61 Å². The Morgan fingerprint density at radius 3 is 1.43 bits per heavy atom. The number of carboxylic acids is 1. The highest BCUT2D eigenvalue weighted by atomic mass is 16.6. The Hall–Kier alpha value is -3.49. The Kier molecular flexibility index (Phi) is 42.6. The first kappa shape index (κ1) is 59.5. The third-order valence-corrected chi connectivity index (χ3v) is 10.8. The van der Waals surface area contributed by atoms with Crippen LogP contribution in [-0.4, -0.2) is 80.6 Å². The summed E-state index contributed by atoms with van der Waals surface area (Å²) in [7, 11) is 5.51. The summed E-state index contributed by atoms with van der Waals surface area (Å²) in [5.41, 5.74) is 0. The lowest BCUT2D eigenvalue weighted by Gasteiger charge is -2.31. The van der Waals surface area contributed by atoms with E-state index in [1.165, 1.54) is 83.5 Å². The number of nitrogens with zero attached hydrogens (tertiary/aromatic N) is 1. The third-order valence-electron chi connectivity index (χ3n) is 10.8. The largest absolute Gasteiger partial charge is 0.477 e. The highest BCUT2D eigenvalue weighted by Gasteiger charge is 2.31. The molecule has 0 radical (unpaired) electrons. The number of carbonyl (C=O) groups is 3. The van der Waals surface area contributed by atoms with E-state index in [9.17, 15) is 19.5 Å². The number of ether oxygens (including phenoxy) is 3. The molecule has 0 aromatic carbocycles. The Bertz CT molecular complexity index is 1300. The van der Waals surface area contributed by atoms with Crippen LogP contribution in [0.1, 0.15) is 194 Å². The van der Waals surface area contributed by atoms with Gasteiger partial charge in [0.25, 0.3) is 0 Å². The van der Waals surface area contributed by atoms with Gasteiger partial charge in [0, 0.05) is 19.3 Å². The quantitative estimate of drug-likeness (QED) is 0.0214. The number of carbonyl (C=O) groups excluding carboxylic acids is 2. The van der Waals surface area contributed by atoms with E-state index in [2.05, 4.69) is 98.9 Å². The standard InChI is InChI=1S/C55H93NO7/c1-6-8-10-12-14-16-18-20-22-24-26-28-29-31-33-35-37-39-41-43-45-53(57)62-50-51(49-61-48-47-52(55(59)60)56(3,4)5)63-54(58)46-44-42-40-38-36-34-32-30-27-25-23-21-19-17-15-13-11-9-7-2/h9,11,15-18,20-23,27,30,34,36,51-52H,6-8,10,12-14,19,24-26,28-29,31-33,35,37-50H2,1-5H3/p+1/b11-9+,17-15+,18-16+,22-20+,23-21+,30-27+,36-34+. The highest BCUT2D eigenvalue weighted by molar-refractivity contribution is 5.72. The normalized spacial score (nSPS) is 13.6. The van der Waals surface area contributed by atoms with E-state index in [4.69, 9.17) is 14.2 Å². The molecule has 0 spiro atoms. The van der Waals surface area contributed by atoms with E-state index in [-0.39, 0.29) is 42.7 Å². The Balaban J connectivity index is 4.34. The number of allylic oxidation sites excluding steroid dienone is 14. The van der Waals surface area contributed by atoms with E-state index in [0.717, 1.165) is 77.0 Å². The van der Waals surface area contributed by atoms with Crippen molar-refractivity contribution < 1.29 is 38.2 Å². The number of likely N-dealkylation sites (N-methyl/N-ethyl adjacent to an activating group) is 1. The molecule has 1 N–H and O–H groups in total. The van der Waals surface area contributed by atoms with Crippen molar-refractivity contribution in [3.8, 4) is 0 Å². The molecule has 2 unspecified atom stereocenters. The van der Waals surface area contributed by atoms with Gasteiger partial charge in [-0.3, -0.25) is 9.59 Å². The van der Waals surface area contributed by atoms with Gasteiger partial charge in [-0.15, -0.1) is 0 Å². The second-order valence-electron chi connectivity index (χ2n) is 17.7. The number of unbranched alkanes of at least 4 members (excludes halogenated alkanes) is 17. The summed E-state index contributed by atoms with van der Waals surface area (Å²) in [4.78, 5) is 37.1. The van der Waals surface area contributed by atoms with E-state index in [0.29, 0.717) is 12.8 Å². The summed E-state index contributed by atoms with van der Waals surface area (Å²) in [6, 6.07) is -0.626.